The second-order valence-corrected chi connectivity index (χ2v) is 4.97. The van der Waals surface area contributed by atoms with Crippen molar-refractivity contribution in [3.8, 4) is 0 Å². The molecule has 0 saturated carbocycles. The molecule has 1 atom stereocenters. The highest BCUT2D eigenvalue weighted by molar-refractivity contribution is 9.09. The second-order valence-electron chi connectivity index (χ2n) is 4.17. The van der Waals surface area contributed by atoms with Crippen molar-refractivity contribution in [3.63, 3.8) is 0 Å². The van der Waals surface area contributed by atoms with Gasteiger partial charge in [0, 0.05) is 5.33 Å². The van der Waals surface area contributed by atoms with E-state index in [-0.39, 0.29) is 0 Å². The molecule has 11 heavy (non-hydrogen) atoms. The molecule has 0 bridgehead atoms. The van der Waals surface area contributed by atoms with Gasteiger partial charge in [0.05, 0.1) is 0 Å². The maximum absolute atomic E-state index is 3.50. The smallest absolute Gasteiger partial charge is 0.00340 e. The van der Waals surface area contributed by atoms with Crippen LogP contribution in [0.3, 0.4) is 0 Å². The Labute approximate surface area is 78.2 Å². The maximum atomic E-state index is 3.50. The average Bonchev–Trinajstić information content (AvgIpc) is 1.85. The van der Waals surface area contributed by atoms with Crippen molar-refractivity contribution >= 4 is 15.9 Å². The lowest BCUT2D eigenvalue weighted by atomic mass is 9.76. The molecule has 1 unspecified atom stereocenters. The monoisotopic (exact) mass is 216 g/mol. The van der Waals surface area contributed by atoms with E-state index in [2.05, 4.69) is 41.9 Å². The van der Waals surface area contributed by atoms with Crippen LogP contribution in [0.1, 0.15) is 33.1 Å². The topological polar surface area (TPSA) is 0 Å². The molecule has 1 rings (SSSR count). The van der Waals surface area contributed by atoms with Gasteiger partial charge in [0.25, 0.3) is 0 Å². The first-order valence-corrected chi connectivity index (χ1v) is 5.50. The van der Waals surface area contributed by atoms with E-state index >= 15 is 0 Å². The van der Waals surface area contributed by atoms with Crippen molar-refractivity contribution in [2.24, 2.45) is 11.3 Å². The highest BCUT2D eigenvalue weighted by Crippen LogP contribution is 2.35. The molecule has 0 aromatic heterocycles. The minimum atomic E-state index is 0.449. The van der Waals surface area contributed by atoms with Gasteiger partial charge < -0.3 is 0 Å². The Hall–Kier alpha value is 0.220. The fourth-order valence-corrected chi connectivity index (χ4v) is 2.50. The summed E-state index contributed by atoms with van der Waals surface area (Å²) in [5.41, 5.74) is 0.449. The van der Waals surface area contributed by atoms with Crippen LogP contribution in [0.2, 0.25) is 0 Å². The molecule has 0 nitrogen and oxygen atoms in total. The van der Waals surface area contributed by atoms with E-state index in [1.165, 1.54) is 19.3 Å². The third-order valence-electron chi connectivity index (χ3n) is 2.37. The summed E-state index contributed by atoms with van der Waals surface area (Å²) in [6.07, 6.45) is 8.67. The van der Waals surface area contributed by atoms with Crippen LogP contribution in [-0.2, 0) is 0 Å². The van der Waals surface area contributed by atoms with Gasteiger partial charge in [0.1, 0.15) is 0 Å². The largest absolute Gasteiger partial charge is 0.0928 e. The van der Waals surface area contributed by atoms with Gasteiger partial charge in [-0.1, -0.05) is 41.9 Å². The Kier molecular flexibility index (Phi) is 3.17. The zero-order valence-corrected chi connectivity index (χ0v) is 9.02. The molecule has 0 spiro atoms. The normalized spacial score (nSPS) is 28.8. The first-order valence-electron chi connectivity index (χ1n) is 4.38. The summed E-state index contributed by atoms with van der Waals surface area (Å²) in [6, 6.07) is 0. The minimum absolute atomic E-state index is 0.449. The Morgan fingerprint density at radius 2 is 2.27 bits per heavy atom. The summed E-state index contributed by atoms with van der Waals surface area (Å²) in [5, 5.41) is 1.15. The van der Waals surface area contributed by atoms with E-state index in [4.69, 9.17) is 0 Å². The number of allylic oxidation sites excluding steroid dienone is 2. The van der Waals surface area contributed by atoms with Gasteiger partial charge in [-0.25, -0.2) is 0 Å². The number of alkyl halides is 1. The van der Waals surface area contributed by atoms with E-state index in [0.717, 1.165) is 11.2 Å². The van der Waals surface area contributed by atoms with Crippen molar-refractivity contribution in [3.05, 3.63) is 12.2 Å². The SMILES string of the molecule is CC1(C)C=CCC(CCBr)C1. The Balaban J connectivity index is 2.45. The van der Waals surface area contributed by atoms with Gasteiger partial charge in [0.2, 0.25) is 0 Å². The predicted molar refractivity (Wildman–Crippen MR) is 54.1 cm³/mol. The van der Waals surface area contributed by atoms with Crippen molar-refractivity contribution in [1.82, 2.24) is 0 Å². The first-order chi connectivity index (χ1) is 5.14. The fourth-order valence-electron chi connectivity index (χ4n) is 1.85. The average molecular weight is 217 g/mol. The lowest BCUT2D eigenvalue weighted by molar-refractivity contribution is 0.309. The number of rotatable bonds is 2. The van der Waals surface area contributed by atoms with Crippen molar-refractivity contribution in [2.75, 3.05) is 5.33 Å². The molecule has 1 heteroatoms. The molecule has 0 aromatic rings. The Bertz CT molecular complexity index is 147. The molecular weight excluding hydrogens is 200 g/mol. The number of hydrogen-bond donors (Lipinski definition) is 0. The lowest BCUT2D eigenvalue weighted by Crippen LogP contribution is -2.18. The highest BCUT2D eigenvalue weighted by Gasteiger charge is 2.22. The summed E-state index contributed by atoms with van der Waals surface area (Å²) < 4.78 is 0. The maximum Gasteiger partial charge on any atom is 0.00340 e. The zero-order chi connectivity index (χ0) is 8.32. The molecule has 0 radical (unpaired) electrons. The van der Waals surface area contributed by atoms with Gasteiger partial charge in [0.15, 0.2) is 0 Å². The summed E-state index contributed by atoms with van der Waals surface area (Å²) in [7, 11) is 0. The summed E-state index contributed by atoms with van der Waals surface area (Å²) in [4.78, 5) is 0. The standard InChI is InChI=1S/C10H17Br/c1-10(2)6-3-4-9(8-10)5-7-11/h3,6,9H,4-5,7-8H2,1-2H3. The van der Waals surface area contributed by atoms with Gasteiger partial charge in [-0.05, 0) is 30.6 Å². The van der Waals surface area contributed by atoms with Crippen molar-refractivity contribution < 1.29 is 0 Å². The van der Waals surface area contributed by atoms with Crippen LogP contribution in [0.25, 0.3) is 0 Å². The fraction of sp³-hybridized carbons (Fsp3) is 0.800. The molecule has 0 heterocycles. The molecule has 1 aliphatic rings. The van der Waals surface area contributed by atoms with Gasteiger partial charge in [-0.15, -0.1) is 0 Å². The molecule has 0 aliphatic heterocycles. The van der Waals surface area contributed by atoms with E-state index in [1.54, 1.807) is 0 Å². The molecule has 64 valence electrons. The summed E-state index contributed by atoms with van der Waals surface area (Å²) in [5.74, 6) is 0.911. The zero-order valence-electron chi connectivity index (χ0n) is 7.44. The molecule has 0 aromatic carbocycles. The van der Waals surface area contributed by atoms with Crippen LogP contribution in [0.4, 0.5) is 0 Å². The quantitative estimate of drug-likeness (QED) is 0.488. The number of hydrogen-bond acceptors (Lipinski definition) is 0. The molecule has 0 fully saturated rings. The highest BCUT2D eigenvalue weighted by atomic mass is 79.9. The van der Waals surface area contributed by atoms with Crippen LogP contribution in [0.15, 0.2) is 12.2 Å². The lowest BCUT2D eigenvalue weighted by Gasteiger charge is -2.30. The van der Waals surface area contributed by atoms with Crippen LogP contribution < -0.4 is 0 Å². The van der Waals surface area contributed by atoms with Gasteiger partial charge in [-0.3, -0.25) is 0 Å². The molecule has 0 amide bonds. The van der Waals surface area contributed by atoms with Crippen LogP contribution in [0, 0.1) is 11.3 Å². The summed E-state index contributed by atoms with van der Waals surface area (Å²) >= 11 is 3.50. The van der Waals surface area contributed by atoms with Gasteiger partial charge >= 0.3 is 0 Å². The minimum Gasteiger partial charge on any atom is -0.0928 e. The van der Waals surface area contributed by atoms with E-state index < -0.39 is 0 Å². The van der Waals surface area contributed by atoms with Crippen molar-refractivity contribution in [2.45, 2.75) is 33.1 Å². The third kappa shape index (κ3) is 2.98. The molecule has 1 aliphatic carbocycles. The third-order valence-corrected chi connectivity index (χ3v) is 2.83. The summed E-state index contributed by atoms with van der Waals surface area (Å²) in [6.45, 7) is 4.65. The first kappa shape index (κ1) is 9.31. The second kappa shape index (κ2) is 3.75. The van der Waals surface area contributed by atoms with E-state index in [9.17, 15) is 0 Å². The van der Waals surface area contributed by atoms with Crippen molar-refractivity contribution in [1.29, 1.82) is 0 Å². The van der Waals surface area contributed by atoms with E-state index in [0.29, 0.717) is 5.41 Å². The molecule has 0 saturated heterocycles. The number of halogens is 1. The van der Waals surface area contributed by atoms with Gasteiger partial charge in [-0.2, -0.15) is 0 Å². The predicted octanol–water partition coefficient (Wildman–Crippen LogP) is 3.76. The van der Waals surface area contributed by atoms with Crippen LogP contribution in [0.5, 0.6) is 0 Å². The Morgan fingerprint density at radius 3 is 2.82 bits per heavy atom. The van der Waals surface area contributed by atoms with Crippen LogP contribution >= 0.6 is 15.9 Å². The molecule has 0 N–H and O–H groups in total. The van der Waals surface area contributed by atoms with E-state index in [1.807, 2.05) is 0 Å². The molecular formula is C10H17Br. The van der Waals surface area contributed by atoms with Crippen LogP contribution in [-0.4, -0.2) is 5.33 Å². The Morgan fingerprint density at radius 1 is 1.55 bits per heavy atom.